The molecule has 13 heavy (non-hydrogen) atoms. The fraction of sp³-hybridized carbons (Fsp3) is 0.714. The lowest BCUT2D eigenvalue weighted by Gasteiger charge is -2.18. The molecule has 0 aromatic rings. The molecule has 0 heterocycles. The van der Waals surface area contributed by atoms with E-state index in [2.05, 4.69) is 4.74 Å². The zero-order chi connectivity index (χ0) is 10.5. The van der Waals surface area contributed by atoms with E-state index < -0.39 is 17.6 Å². The topological polar surface area (TPSA) is 116 Å². The lowest BCUT2D eigenvalue weighted by atomic mass is 10.1. The van der Waals surface area contributed by atoms with E-state index in [9.17, 15) is 9.59 Å². The van der Waals surface area contributed by atoms with E-state index in [1.54, 1.807) is 6.92 Å². The summed E-state index contributed by atoms with van der Waals surface area (Å²) in [4.78, 5) is 21.7. The van der Waals surface area contributed by atoms with Crippen LogP contribution in [0.3, 0.4) is 0 Å². The van der Waals surface area contributed by atoms with Crippen LogP contribution in [0.4, 0.5) is 0 Å². The molecule has 0 spiro atoms. The number of aliphatic hydroxyl groups excluding tert-OH is 1. The molecule has 0 rings (SSSR count). The average Bonchev–Trinajstić information content (AvgIpc) is 2.04. The molecule has 6 nitrogen and oxygen atoms in total. The zero-order valence-electron chi connectivity index (χ0n) is 7.45. The molecule has 0 saturated carbocycles. The van der Waals surface area contributed by atoms with Crippen molar-refractivity contribution < 1.29 is 19.4 Å². The summed E-state index contributed by atoms with van der Waals surface area (Å²) in [6.45, 7) is 1.22. The van der Waals surface area contributed by atoms with Crippen molar-refractivity contribution in [2.24, 2.45) is 11.5 Å². The van der Waals surface area contributed by atoms with Gasteiger partial charge in [0, 0.05) is 0 Å². The minimum absolute atomic E-state index is 0.165. The highest BCUT2D eigenvalue weighted by Gasteiger charge is 2.30. The van der Waals surface area contributed by atoms with Gasteiger partial charge < -0.3 is 21.3 Å². The van der Waals surface area contributed by atoms with Gasteiger partial charge in [0.05, 0.1) is 13.0 Å². The van der Waals surface area contributed by atoms with Gasteiger partial charge in [0.15, 0.2) is 5.66 Å². The van der Waals surface area contributed by atoms with Crippen molar-refractivity contribution in [1.82, 2.24) is 0 Å². The summed E-state index contributed by atoms with van der Waals surface area (Å²) in [5.74, 6) is -1.81. The summed E-state index contributed by atoms with van der Waals surface area (Å²) in [7, 11) is 0. The Morgan fingerprint density at radius 2 is 2.00 bits per heavy atom. The number of nitrogens with two attached hydrogens (primary N) is 2. The Kier molecular flexibility index (Phi) is 4.53. The number of ether oxygens (including phenoxy) is 1. The van der Waals surface area contributed by atoms with E-state index >= 15 is 0 Å². The van der Waals surface area contributed by atoms with Crippen LogP contribution in [-0.4, -0.2) is 29.3 Å². The lowest BCUT2D eigenvalue weighted by Crippen LogP contribution is -2.57. The molecule has 0 atom stereocenters. The van der Waals surface area contributed by atoms with Crippen LogP contribution >= 0.6 is 0 Å². The monoisotopic (exact) mass is 190 g/mol. The van der Waals surface area contributed by atoms with Crippen molar-refractivity contribution in [3.05, 3.63) is 0 Å². The maximum atomic E-state index is 11.0. The third-order valence-corrected chi connectivity index (χ3v) is 1.49. The van der Waals surface area contributed by atoms with Gasteiger partial charge in [0.2, 0.25) is 0 Å². The van der Waals surface area contributed by atoms with Gasteiger partial charge >= 0.3 is 11.9 Å². The fourth-order valence-corrected chi connectivity index (χ4v) is 0.485. The first-order chi connectivity index (χ1) is 5.94. The minimum atomic E-state index is -1.63. The molecule has 5 N–H and O–H groups in total. The smallest absolute Gasteiger partial charge is 0.348 e. The third-order valence-electron chi connectivity index (χ3n) is 1.49. The summed E-state index contributed by atoms with van der Waals surface area (Å²) >= 11 is 0. The van der Waals surface area contributed by atoms with Crippen molar-refractivity contribution in [2.75, 3.05) is 6.61 Å². The van der Waals surface area contributed by atoms with Gasteiger partial charge in [-0.15, -0.1) is 0 Å². The molecule has 6 heteroatoms. The molecule has 0 fully saturated rings. The van der Waals surface area contributed by atoms with Crippen LogP contribution in [-0.2, 0) is 14.3 Å². The molecule has 0 aliphatic heterocycles. The van der Waals surface area contributed by atoms with Gasteiger partial charge in [-0.05, 0) is 6.42 Å². The predicted molar refractivity (Wildman–Crippen MR) is 44.2 cm³/mol. The Hall–Kier alpha value is -0.980. The van der Waals surface area contributed by atoms with E-state index in [1.807, 2.05) is 0 Å². The van der Waals surface area contributed by atoms with Gasteiger partial charge in [-0.2, -0.15) is 0 Å². The summed E-state index contributed by atoms with van der Waals surface area (Å²) in [6, 6.07) is 0. The normalized spacial score (nSPS) is 11.1. The van der Waals surface area contributed by atoms with Crippen molar-refractivity contribution >= 4 is 11.9 Å². The quantitative estimate of drug-likeness (QED) is 0.281. The molecule has 0 aliphatic rings. The predicted octanol–water partition coefficient (Wildman–Crippen LogP) is -1.54. The first-order valence-corrected chi connectivity index (χ1v) is 3.87. The van der Waals surface area contributed by atoms with E-state index in [0.29, 0.717) is 0 Å². The molecule has 0 saturated heterocycles. The van der Waals surface area contributed by atoms with E-state index in [0.717, 1.165) is 0 Å². The maximum absolute atomic E-state index is 11.0. The van der Waals surface area contributed by atoms with Crippen molar-refractivity contribution in [2.45, 2.75) is 25.4 Å². The molecular weight excluding hydrogens is 176 g/mol. The van der Waals surface area contributed by atoms with E-state index in [1.165, 1.54) is 0 Å². The number of carbonyl (C=O) groups is 2. The number of aliphatic hydroxyl groups is 1. The second-order valence-corrected chi connectivity index (χ2v) is 2.63. The van der Waals surface area contributed by atoms with Crippen molar-refractivity contribution in [1.29, 1.82) is 0 Å². The standard InChI is InChI=1S/C7H14N2O4/c1-2-7(8,9)6(12)13-5(11)3-4-10/h10H,2-4,8-9H2,1H3. The Bertz CT molecular complexity index is 203. The maximum Gasteiger partial charge on any atom is 0.348 e. The fourth-order valence-electron chi connectivity index (χ4n) is 0.485. The van der Waals surface area contributed by atoms with Crippen LogP contribution in [0.25, 0.3) is 0 Å². The van der Waals surface area contributed by atoms with Crippen LogP contribution in [0.5, 0.6) is 0 Å². The van der Waals surface area contributed by atoms with Crippen LogP contribution in [0.1, 0.15) is 19.8 Å². The largest absolute Gasteiger partial charge is 0.396 e. The summed E-state index contributed by atoms with van der Waals surface area (Å²) in [6.07, 6.45) is -0.0796. The second kappa shape index (κ2) is 4.90. The Balaban J connectivity index is 4.07. The van der Waals surface area contributed by atoms with Crippen LogP contribution < -0.4 is 11.5 Å². The molecular formula is C7H14N2O4. The highest BCUT2D eigenvalue weighted by Crippen LogP contribution is 2.01. The van der Waals surface area contributed by atoms with Gasteiger partial charge in [-0.3, -0.25) is 4.79 Å². The van der Waals surface area contributed by atoms with Crippen LogP contribution in [0.2, 0.25) is 0 Å². The zero-order valence-corrected chi connectivity index (χ0v) is 7.45. The summed E-state index contributed by atoms with van der Waals surface area (Å²) < 4.78 is 4.26. The molecule has 0 radical (unpaired) electrons. The average molecular weight is 190 g/mol. The SMILES string of the molecule is CCC(N)(N)C(=O)OC(=O)CCO. The van der Waals surface area contributed by atoms with Gasteiger partial charge in [-0.1, -0.05) is 6.92 Å². The Morgan fingerprint density at radius 3 is 2.38 bits per heavy atom. The van der Waals surface area contributed by atoms with Crippen LogP contribution in [0, 0.1) is 0 Å². The Labute approximate surface area is 75.8 Å². The number of esters is 2. The molecule has 0 aromatic heterocycles. The third kappa shape index (κ3) is 3.97. The highest BCUT2D eigenvalue weighted by molar-refractivity contribution is 5.90. The number of hydrogen-bond donors (Lipinski definition) is 3. The molecule has 76 valence electrons. The van der Waals surface area contributed by atoms with Gasteiger partial charge in [0.1, 0.15) is 0 Å². The number of rotatable bonds is 4. The summed E-state index contributed by atoms with van der Waals surface area (Å²) in [5, 5.41) is 8.33. The minimum Gasteiger partial charge on any atom is -0.396 e. The van der Waals surface area contributed by atoms with Crippen LogP contribution in [0.15, 0.2) is 0 Å². The van der Waals surface area contributed by atoms with Crippen molar-refractivity contribution in [3.8, 4) is 0 Å². The number of hydrogen-bond acceptors (Lipinski definition) is 6. The van der Waals surface area contributed by atoms with Gasteiger partial charge in [0.25, 0.3) is 0 Å². The molecule has 0 unspecified atom stereocenters. The molecule has 0 amide bonds. The molecule has 0 aliphatic carbocycles. The van der Waals surface area contributed by atoms with E-state index in [-0.39, 0.29) is 19.4 Å². The lowest BCUT2D eigenvalue weighted by molar-refractivity contribution is -0.164. The van der Waals surface area contributed by atoms with Gasteiger partial charge in [-0.25, -0.2) is 4.79 Å². The molecule has 0 aromatic carbocycles. The van der Waals surface area contributed by atoms with Crippen molar-refractivity contribution in [3.63, 3.8) is 0 Å². The Morgan fingerprint density at radius 1 is 1.46 bits per heavy atom. The second-order valence-electron chi connectivity index (χ2n) is 2.63. The first kappa shape index (κ1) is 12.0. The number of carbonyl (C=O) groups excluding carboxylic acids is 2. The molecule has 0 bridgehead atoms. The first-order valence-electron chi connectivity index (χ1n) is 3.87. The highest BCUT2D eigenvalue weighted by atomic mass is 16.6. The van der Waals surface area contributed by atoms with E-state index in [4.69, 9.17) is 16.6 Å². The summed E-state index contributed by atoms with van der Waals surface area (Å²) in [5.41, 5.74) is 8.95.